The second kappa shape index (κ2) is 10.3. The third-order valence-electron chi connectivity index (χ3n) is 4.39. The van der Waals surface area contributed by atoms with Crippen LogP contribution < -0.4 is 5.32 Å². The van der Waals surface area contributed by atoms with Crippen LogP contribution in [0.4, 0.5) is 16.2 Å². The molecule has 2 aromatic rings. The number of rotatable bonds is 9. The van der Waals surface area contributed by atoms with Crippen LogP contribution in [0.2, 0.25) is 0 Å². The molecule has 0 atom stereocenters. The van der Waals surface area contributed by atoms with Crippen LogP contribution in [0.5, 0.6) is 0 Å². The fourth-order valence-electron chi connectivity index (χ4n) is 2.76. The number of hydrogen-bond acceptors (Lipinski definition) is 4. The van der Waals surface area contributed by atoms with Crippen LogP contribution in [-0.4, -0.2) is 46.9 Å². The van der Waals surface area contributed by atoms with Gasteiger partial charge in [0.05, 0.1) is 4.92 Å². The van der Waals surface area contributed by atoms with Gasteiger partial charge in [0.25, 0.3) is 5.69 Å². The van der Waals surface area contributed by atoms with Crippen LogP contribution in [-0.2, 0) is 6.54 Å². The number of amides is 2. The molecule has 2 rings (SSSR count). The number of carbonyl (C=O) groups is 1. The normalized spacial score (nSPS) is 10.6. The first-order valence-electron chi connectivity index (χ1n) is 9.10. The molecule has 7 nitrogen and oxygen atoms in total. The molecule has 0 spiro atoms. The first kappa shape index (κ1) is 20.4. The maximum atomic E-state index is 12.8. The van der Waals surface area contributed by atoms with E-state index < -0.39 is 4.92 Å². The molecule has 0 aliphatic carbocycles. The van der Waals surface area contributed by atoms with Gasteiger partial charge in [-0.05, 0) is 24.7 Å². The van der Waals surface area contributed by atoms with Gasteiger partial charge < -0.3 is 15.1 Å². The Bertz CT molecular complexity index is 748. The summed E-state index contributed by atoms with van der Waals surface area (Å²) in [6, 6.07) is 15.5. The van der Waals surface area contributed by atoms with E-state index in [1.54, 1.807) is 17.0 Å². The first-order chi connectivity index (χ1) is 13.0. The number of benzene rings is 2. The molecule has 0 heterocycles. The molecule has 0 aromatic heterocycles. The van der Waals surface area contributed by atoms with E-state index >= 15 is 0 Å². The Hall–Kier alpha value is -2.93. The Morgan fingerprint density at radius 1 is 1.04 bits per heavy atom. The van der Waals surface area contributed by atoms with Gasteiger partial charge in [-0.3, -0.25) is 10.1 Å². The summed E-state index contributed by atoms with van der Waals surface area (Å²) in [7, 11) is 0. The van der Waals surface area contributed by atoms with E-state index in [0.717, 1.165) is 25.2 Å². The smallest absolute Gasteiger partial charge is 0.319 e. The zero-order valence-electron chi connectivity index (χ0n) is 15.8. The minimum absolute atomic E-state index is 0.0504. The van der Waals surface area contributed by atoms with Crippen molar-refractivity contribution in [3.8, 4) is 0 Å². The number of anilines is 1. The van der Waals surface area contributed by atoms with Crippen molar-refractivity contribution in [2.24, 2.45) is 0 Å². The fourth-order valence-corrected chi connectivity index (χ4v) is 2.76. The molecule has 0 radical (unpaired) electrons. The van der Waals surface area contributed by atoms with Crippen LogP contribution in [0.15, 0.2) is 54.6 Å². The molecule has 1 N–H and O–H groups in total. The second-order valence-electron chi connectivity index (χ2n) is 6.17. The van der Waals surface area contributed by atoms with Crippen molar-refractivity contribution in [2.75, 3.05) is 31.5 Å². The van der Waals surface area contributed by atoms with Crippen LogP contribution >= 0.6 is 0 Å². The van der Waals surface area contributed by atoms with E-state index in [1.807, 2.05) is 30.3 Å². The summed E-state index contributed by atoms with van der Waals surface area (Å²) in [5.74, 6) is 0. The Kier molecular flexibility index (Phi) is 7.76. The Balaban J connectivity index is 2.11. The monoisotopic (exact) mass is 370 g/mol. The average molecular weight is 370 g/mol. The summed E-state index contributed by atoms with van der Waals surface area (Å²) >= 11 is 0. The summed E-state index contributed by atoms with van der Waals surface area (Å²) < 4.78 is 0. The number of nitro groups is 1. The number of non-ortho nitro benzene ring substituents is 1. The summed E-state index contributed by atoms with van der Waals surface area (Å²) in [4.78, 5) is 27.3. The van der Waals surface area contributed by atoms with E-state index in [9.17, 15) is 14.9 Å². The summed E-state index contributed by atoms with van der Waals surface area (Å²) in [6.45, 7) is 7.83. The van der Waals surface area contributed by atoms with Gasteiger partial charge in [-0.2, -0.15) is 0 Å². The molecule has 2 aromatic carbocycles. The van der Waals surface area contributed by atoms with Gasteiger partial charge in [0.1, 0.15) is 0 Å². The molecule has 0 aliphatic rings. The molecule has 0 unspecified atom stereocenters. The van der Waals surface area contributed by atoms with Gasteiger partial charge in [0.15, 0.2) is 0 Å². The van der Waals surface area contributed by atoms with Crippen molar-refractivity contribution in [1.82, 2.24) is 9.80 Å². The molecule has 2 amide bonds. The molecule has 0 saturated heterocycles. The number of urea groups is 1. The molecular formula is C20H26N4O3. The van der Waals surface area contributed by atoms with Crippen molar-refractivity contribution >= 4 is 17.4 Å². The minimum atomic E-state index is -0.474. The maximum Gasteiger partial charge on any atom is 0.322 e. The topological polar surface area (TPSA) is 78.7 Å². The van der Waals surface area contributed by atoms with Gasteiger partial charge in [0, 0.05) is 37.5 Å². The first-order valence-corrected chi connectivity index (χ1v) is 9.10. The Labute approximate surface area is 159 Å². The van der Waals surface area contributed by atoms with Gasteiger partial charge in [0.2, 0.25) is 0 Å². The van der Waals surface area contributed by atoms with E-state index in [0.29, 0.717) is 18.8 Å². The van der Waals surface area contributed by atoms with Crippen LogP contribution in [0, 0.1) is 10.1 Å². The quantitative estimate of drug-likeness (QED) is 0.535. The van der Waals surface area contributed by atoms with Crippen LogP contribution in [0.25, 0.3) is 0 Å². The van der Waals surface area contributed by atoms with Crippen molar-refractivity contribution in [3.05, 3.63) is 70.3 Å². The molecule has 144 valence electrons. The van der Waals surface area contributed by atoms with E-state index in [2.05, 4.69) is 24.1 Å². The molecular weight excluding hydrogens is 344 g/mol. The number of carbonyl (C=O) groups excluding carboxylic acids is 1. The molecule has 0 fully saturated rings. The van der Waals surface area contributed by atoms with Crippen molar-refractivity contribution < 1.29 is 9.72 Å². The highest BCUT2D eigenvalue weighted by Crippen LogP contribution is 2.18. The zero-order chi connectivity index (χ0) is 19.6. The van der Waals surface area contributed by atoms with E-state index in [4.69, 9.17) is 0 Å². The highest BCUT2D eigenvalue weighted by atomic mass is 16.6. The molecule has 7 heteroatoms. The third-order valence-corrected chi connectivity index (χ3v) is 4.39. The third kappa shape index (κ3) is 6.38. The lowest BCUT2D eigenvalue weighted by atomic mass is 10.2. The number of hydrogen-bond donors (Lipinski definition) is 1. The lowest BCUT2D eigenvalue weighted by Crippen LogP contribution is -2.40. The summed E-state index contributed by atoms with van der Waals surface area (Å²) in [5.41, 5.74) is 1.40. The van der Waals surface area contributed by atoms with Gasteiger partial charge in [-0.25, -0.2) is 4.79 Å². The number of nitrogens with zero attached hydrogens (tertiary/aromatic N) is 3. The van der Waals surface area contributed by atoms with Gasteiger partial charge >= 0.3 is 6.03 Å². The maximum absolute atomic E-state index is 12.8. The predicted octanol–water partition coefficient (Wildman–Crippen LogP) is 3.97. The van der Waals surface area contributed by atoms with E-state index in [-0.39, 0.29) is 11.7 Å². The molecule has 27 heavy (non-hydrogen) atoms. The van der Waals surface area contributed by atoms with Crippen LogP contribution in [0.1, 0.15) is 19.4 Å². The fraction of sp³-hybridized carbons (Fsp3) is 0.350. The molecule has 0 bridgehead atoms. The lowest BCUT2D eigenvalue weighted by molar-refractivity contribution is -0.384. The number of nitrogens with one attached hydrogen (secondary N) is 1. The minimum Gasteiger partial charge on any atom is -0.319 e. The largest absolute Gasteiger partial charge is 0.322 e. The van der Waals surface area contributed by atoms with E-state index in [1.165, 1.54) is 12.1 Å². The summed E-state index contributed by atoms with van der Waals surface area (Å²) in [6.07, 6.45) is 0. The number of nitro benzene ring substituents is 1. The van der Waals surface area contributed by atoms with Crippen molar-refractivity contribution in [1.29, 1.82) is 0 Å². The average Bonchev–Trinajstić information content (AvgIpc) is 2.68. The Morgan fingerprint density at radius 2 is 1.74 bits per heavy atom. The molecule has 0 saturated carbocycles. The highest BCUT2D eigenvalue weighted by Gasteiger charge is 2.16. The highest BCUT2D eigenvalue weighted by molar-refractivity contribution is 5.89. The van der Waals surface area contributed by atoms with Crippen molar-refractivity contribution in [2.45, 2.75) is 20.4 Å². The van der Waals surface area contributed by atoms with Gasteiger partial charge in [-0.1, -0.05) is 50.2 Å². The van der Waals surface area contributed by atoms with Gasteiger partial charge in [-0.15, -0.1) is 0 Å². The molecule has 0 aliphatic heterocycles. The SMILES string of the molecule is CCN(CC)CCN(Cc1ccccc1)C(=O)Nc1cccc([N+](=O)[O-])c1. The van der Waals surface area contributed by atoms with Crippen molar-refractivity contribution in [3.63, 3.8) is 0 Å². The predicted molar refractivity (Wildman–Crippen MR) is 107 cm³/mol. The second-order valence-corrected chi connectivity index (χ2v) is 6.17. The number of likely N-dealkylation sites (N-methyl/N-ethyl adjacent to an activating group) is 1. The van der Waals surface area contributed by atoms with Crippen LogP contribution in [0.3, 0.4) is 0 Å². The summed E-state index contributed by atoms with van der Waals surface area (Å²) in [5, 5.41) is 13.7. The Morgan fingerprint density at radius 3 is 2.37 bits per heavy atom. The standard InChI is InChI=1S/C20H26N4O3/c1-3-22(4-2)13-14-23(16-17-9-6-5-7-10-17)20(25)21-18-11-8-12-19(15-18)24(26)27/h5-12,15H,3-4,13-14,16H2,1-2H3,(H,21,25). The lowest BCUT2D eigenvalue weighted by Gasteiger charge is -2.27. The zero-order valence-corrected chi connectivity index (χ0v) is 15.8.